The number of nitrogens with one attached hydrogen (secondary N) is 1. The molecule has 4 heterocycles. The molecule has 0 radical (unpaired) electrons. The molecule has 0 aliphatic carbocycles. The summed E-state index contributed by atoms with van der Waals surface area (Å²) in [6.07, 6.45) is 3.24. The molecule has 13 heteroatoms. The molecule has 0 saturated carbocycles. The number of hydrogen-bond donors (Lipinski definition) is 1. The van der Waals surface area contributed by atoms with Gasteiger partial charge >= 0.3 is 6.09 Å². The first-order chi connectivity index (χ1) is 20.2. The van der Waals surface area contributed by atoms with Crippen LogP contribution in [0.5, 0.6) is 0 Å². The zero-order chi connectivity index (χ0) is 31.4. The lowest BCUT2D eigenvalue weighted by Gasteiger charge is -2.36. The summed E-state index contributed by atoms with van der Waals surface area (Å²) in [7, 11) is -1.19. The van der Waals surface area contributed by atoms with Gasteiger partial charge in [0, 0.05) is 47.1 Å². The Morgan fingerprint density at radius 1 is 1.09 bits per heavy atom. The summed E-state index contributed by atoms with van der Waals surface area (Å²) in [6.45, 7) is 20.4. The topological polar surface area (TPSA) is 111 Å². The fraction of sp³-hybridized carbons (Fsp3) is 0.567. The summed E-state index contributed by atoms with van der Waals surface area (Å²) in [4.78, 5) is 30.1. The predicted molar refractivity (Wildman–Crippen MR) is 174 cm³/mol. The fourth-order valence-electron chi connectivity index (χ4n) is 4.51. The lowest BCUT2D eigenvalue weighted by molar-refractivity contribution is 0.0240. The van der Waals surface area contributed by atoms with Gasteiger partial charge in [-0.1, -0.05) is 45.1 Å². The Bertz CT molecular complexity index is 1380. The Morgan fingerprint density at radius 2 is 1.81 bits per heavy atom. The average molecular weight is 629 g/mol. The van der Waals surface area contributed by atoms with Crippen molar-refractivity contribution in [3.63, 3.8) is 0 Å². The minimum atomic E-state index is -1.19. The Morgan fingerprint density at radius 3 is 2.42 bits per heavy atom. The predicted octanol–water partition coefficient (Wildman–Crippen LogP) is 6.62. The number of hydrogen-bond acceptors (Lipinski definition) is 9. The SMILES string of the molecule is CC(C)c1nn(COCC[Si](C)(C)C)c(Cl)c1-c1ccnc(Nc2ccc(N3CCN(C(=O)OC(C)(C)C)CC3)cn2)n1. The summed E-state index contributed by atoms with van der Waals surface area (Å²) < 4.78 is 13.1. The second kappa shape index (κ2) is 13.6. The quantitative estimate of drug-likeness (QED) is 0.195. The standard InChI is InChI=1S/C30H45ClN8O3Si/c1-21(2)26-25(27(31)39(36-26)20-41-17-18-43(6,7)8)23-11-12-32-28(34-23)35-24-10-9-22(19-33-24)37-13-15-38(16-14-37)29(40)42-30(3,4)5/h9-12,19,21H,13-18,20H2,1-8H3,(H,32,33,34,35). The van der Waals surface area contributed by atoms with E-state index >= 15 is 0 Å². The normalized spacial score (nSPS) is 14.4. The zero-order valence-corrected chi connectivity index (χ0v) is 28.4. The number of carbonyl (C=O) groups excluding carboxylic acids is 1. The maximum Gasteiger partial charge on any atom is 0.410 e. The van der Waals surface area contributed by atoms with Crippen LogP contribution < -0.4 is 10.2 Å². The lowest BCUT2D eigenvalue weighted by atomic mass is 10.0. The van der Waals surface area contributed by atoms with Gasteiger partial charge < -0.3 is 24.6 Å². The first-order valence-electron chi connectivity index (χ1n) is 14.8. The molecule has 0 unspecified atom stereocenters. The first-order valence-corrected chi connectivity index (χ1v) is 18.9. The van der Waals surface area contributed by atoms with E-state index in [2.05, 4.69) is 53.7 Å². The van der Waals surface area contributed by atoms with Crippen molar-refractivity contribution in [3.05, 3.63) is 41.4 Å². The van der Waals surface area contributed by atoms with E-state index in [1.807, 2.05) is 45.2 Å². The van der Waals surface area contributed by atoms with Crippen LogP contribution in [0.2, 0.25) is 30.8 Å². The molecule has 3 aromatic heterocycles. The van der Waals surface area contributed by atoms with Crippen molar-refractivity contribution in [2.45, 2.75) is 78.6 Å². The van der Waals surface area contributed by atoms with Gasteiger partial charge in [0.2, 0.25) is 5.95 Å². The molecule has 1 amide bonds. The van der Waals surface area contributed by atoms with Gasteiger partial charge in [-0.05, 0) is 50.9 Å². The van der Waals surface area contributed by atoms with Crippen molar-refractivity contribution in [2.75, 3.05) is 43.0 Å². The highest BCUT2D eigenvalue weighted by Crippen LogP contribution is 2.35. The molecule has 1 saturated heterocycles. The van der Waals surface area contributed by atoms with Gasteiger partial charge in [-0.25, -0.2) is 24.4 Å². The first kappa shape index (κ1) is 32.7. The molecule has 1 aliphatic rings. The van der Waals surface area contributed by atoms with E-state index in [1.165, 1.54) is 0 Å². The monoisotopic (exact) mass is 628 g/mol. The summed E-state index contributed by atoms with van der Waals surface area (Å²) in [6, 6.07) is 6.82. The number of amides is 1. The van der Waals surface area contributed by atoms with E-state index in [4.69, 9.17) is 31.2 Å². The third-order valence-corrected chi connectivity index (χ3v) is 8.96. The zero-order valence-electron chi connectivity index (χ0n) is 26.6. The number of nitrogens with zero attached hydrogens (tertiary/aromatic N) is 7. The highest BCUT2D eigenvalue weighted by Gasteiger charge is 2.26. The van der Waals surface area contributed by atoms with E-state index in [0.717, 1.165) is 23.0 Å². The van der Waals surface area contributed by atoms with Gasteiger partial charge in [0.05, 0.1) is 28.8 Å². The number of carbonyl (C=O) groups is 1. The number of ether oxygens (including phenoxy) is 2. The molecule has 0 spiro atoms. The highest BCUT2D eigenvalue weighted by atomic mass is 35.5. The van der Waals surface area contributed by atoms with Crippen molar-refractivity contribution in [2.24, 2.45) is 0 Å². The van der Waals surface area contributed by atoms with E-state index in [-0.39, 0.29) is 12.0 Å². The highest BCUT2D eigenvalue weighted by molar-refractivity contribution is 6.76. The number of pyridine rings is 1. The molecule has 1 N–H and O–H groups in total. The van der Waals surface area contributed by atoms with Crippen LogP contribution in [0.1, 0.15) is 46.2 Å². The molecule has 4 rings (SSSR count). The Balaban J connectivity index is 1.41. The van der Waals surface area contributed by atoms with E-state index < -0.39 is 13.7 Å². The van der Waals surface area contributed by atoms with Crippen LogP contribution in [0.25, 0.3) is 11.3 Å². The van der Waals surface area contributed by atoms with E-state index in [9.17, 15) is 4.79 Å². The fourth-order valence-corrected chi connectivity index (χ4v) is 5.55. The van der Waals surface area contributed by atoms with Crippen LogP contribution in [0.15, 0.2) is 30.6 Å². The molecule has 1 fully saturated rings. The van der Waals surface area contributed by atoms with Crippen LogP contribution in [-0.2, 0) is 16.2 Å². The summed E-state index contributed by atoms with van der Waals surface area (Å²) in [5, 5.41) is 8.46. The molecule has 234 valence electrons. The lowest BCUT2D eigenvalue weighted by Crippen LogP contribution is -2.50. The molecule has 3 aromatic rings. The van der Waals surface area contributed by atoms with Gasteiger partial charge in [-0.3, -0.25) is 0 Å². The van der Waals surface area contributed by atoms with Crippen LogP contribution in [0.4, 0.5) is 22.2 Å². The van der Waals surface area contributed by atoms with E-state index in [1.54, 1.807) is 15.8 Å². The molecule has 11 nitrogen and oxygen atoms in total. The molecule has 43 heavy (non-hydrogen) atoms. The third-order valence-electron chi connectivity index (χ3n) is 6.87. The summed E-state index contributed by atoms with van der Waals surface area (Å²) in [5.74, 6) is 1.17. The Kier molecular flexibility index (Phi) is 10.3. The number of anilines is 3. The largest absolute Gasteiger partial charge is 0.444 e. The molecule has 0 bridgehead atoms. The van der Waals surface area contributed by atoms with Gasteiger partial charge in [0.15, 0.2) is 0 Å². The maximum absolute atomic E-state index is 12.4. The maximum atomic E-state index is 12.4. The average Bonchev–Trinajstić information content (AvgIpc) is 3.26. The van der Waals surface area contributed by atoms with Gasteiger partial charge in [0.1, 0.15) is 23.3 Å². The number of halogens is 1. The number of piperazine rings is 1. The van der Waals surface area contributed by atoms with Crippen molar-refractivity contribution in [3.8, 4) is 11.3 Å². The smallest absolute Gasteiger partial charge is 0.410 e. The summed E-state index contributed by atoms with van der Waals surface area (Å²) in [5.41, 5.74) is 2.80. The van der Waals surface area contributed by atoms with E-state index in [0.29, 0.717) is 62.1 Å². The van der Waals surface area contributed by atoms with Crippen molar-refractivity contribution in [1.82, 2.24) is 29.6 Å². The van der Waals surface area contributed by atoms with Crippen LogP contribution in [0.3, 0.4) is 0 Å². The molecular weight excluding hydrogens is 584 g/mol. The molecule has 1 aliphatic heterocycles. The van der Waals surface area contributed by atoms with Gasteiger partial charge in [0.25, 0.3) is 0 Å². The second-order valence-electron chi connectivity index (χ2n) is 13.3. The Hall–Kier alpha value is -3.22. The number of rotatable bonds is 10. The van der Waals surface area contributed by atoms with Crippen molar-refractivity contribution in [1.29, 1.82) is 0 Å². The van der Waals surface area contributed by atoms with Crippen LogP contribution in [-0.4, -0.2) is 82.2 Å². The van der Waals surface area contributed by atoms with Gasteiger partial charge in [-0.15, -0.1) is 0 Å². The molecule has 0 aromatic carbocycles. The third kappa shape index (κ3) is 9.13. The molecule has 0 atom stereocenters. The minimum Gasteiger partial charge on any atom is -0.444 e. The van der Waals surface area contributed by atoms with Crippen LogP contribution >= 0.6 is 11.6 Å². The van der Waals surface area contributed by atoms with Crippen molar-refractivity contribution < 1.29 is 14.3 Å². The summed E-state index contributed by atoms with van der Waals surface area (Å²) >= 11 is 6.84. The second-order valence-corrected chi connectivity index (χ2v) is 19.3. The number of aromatic nitrogens is 5. The minimum absolute atomic E-state index is 0.141. The Labute approximate surface area is 261 Å². The van der Waals surface area contributed by atoms with Gasteiger partial charge in [-0.2, -0.15) is 5.10 Å². The molecular formula is C30H45ClN8O3Si. The van der Waals surface area contributed by atoms with Crippen LogP contribution in [0, 0.1) is 0 Å². The van der Waals surface area contributed by atoms with Crippen molar-refractivity contribution >= 4 is 43.2 Å².